The van der Waals surface area contributed by atoms with Gasteiger partial charge in [0.25, 0.3) is 0 Å². The Kier molecular flexibility index (Phi) is 4.51. The molecule has 2 rings (SSSR count). The zero-order chi connectivity index (χ0) is 12.5. The van der Waals surface area contributed by atoms with E-state index in [1.165, 1.54) is 31.2 Å². The molecule has 1 fully saturated rings. The summed E-state index contributed by atoms with van der Waals surface area (Å²) in [6.45, 7) is 1.14. The molecule has 2 nitrogen and oxygen atoms in total. The molecule has 1 aromatic rings. The molecule has 0 unspecified atom stereocenters. The highest BCUT2D eigenvalue weighted by atomic mass is 19.1. The third-order valence-corrected chi connectivity index (χ3v) is 3.79. The van der Waals surface area contributed by atoms with E-state index >= 15 is 0 Å². The highest BCUT2D eigenvalue weighted by molar-refractivity contribution is 5.27. The fourth-order valence-electron chi connectivity index (χ4n) is 3.30. The molecule has 102 valence electrons. The van der Waals surface area contributed by atoms with E-state index in [1.807, 2.05) is 12.1 Å². The van der Waals surface area contributed by atoms with Gasteiger partial charge < -0.3 is 10.6 Å². The first-order valence-electron chi connectivity index (χ1n) is 6.48. The number of benzene rings is 1. The zero-order valence-electron chi connectivity index (χ0n) is 11.9. The summed E-state index contributed by atoms with van der Waals surface area (Å²) in [6.07, 6.45) is 5.09. The molecule has 0 atom stereocenters. The van der Waals surface area contributed by atoms with Crippen molar-refractivity contribution in [1.82, 2.24) is 6.15 Å². The number of rotatable bonds is 3. The average Bonchev–Trinajstić information content (AvgIpc) is 2.65. The van der Waals surface area contributed by atoms with E-state index in [1.54, 1.807) is 12.1 Å². The van der Waals surface area contributed by atoms with E-state index in [2.05, 4.69) is 21.1 Å². The summed E-state index contributed by atoms with van der Waals surface area (Å²) in [5.74, 6) is -0.132. The molecular weight excluding hydrogens is 227 g/mol. The van der Waals surface area contributed by atoms with Gasteiger partial charge in [0.1, 0.15) is 5.82 Å². The molecule has 0 bridgehead atoms. The maximum absolute atomic E-state index is 13.0. The van der Waals surface area contributed by atoms with Gasteiger partial charge in [-0.3, -0.25) is 0 Å². The second kappa shape index (κ2) is 5.37. The van der Waals surface area contributed by atoms with Gasteiger partial charge in [0, 0.05) is 5.41 Å². The van der Waals surface area contributed by atoms with Crippen LogP contribution in [0, 0.1) is 5.82 Å². The molecule has 0 aromatic heterocycles. The fourth-order valence-corrected chi connectivity index (χ4v) is 3.30. The third-order valence-electron chi connectivity index (χ3n) is 3.79. The van der Waals surface area contributed by atoms with Crippen molar-refractivity contribution in [3.63, 3.8) is 0 Å². The Morgan fingerprint density at radius 2 is 1.56 bits per heavy atom. The number of likely N-dealkylation sites (N-methyl/N-ethyl adjacent to an activating group) is 1. The Bertz CT molecular complexity index is 372. The molecule has 3 heteroatoms. The molecule has 0 heterocycles. The van der Waals surface area contributed by atoms with Crippen molar-refractivity contribution in [2.75, 3.05) is 27.7 Å². The van der Waals surface area contributed by atoms with Gasteiger partial charge in [0.15, 0.2) is 0 Å². The summed E-state index contributed by atoms with van der Waals surface area (Å²) >= 11 is 0. The summed E-state index contributed by atoms with van der Waals surface area (Å²) in [6, 6.07) is 7.17. The maximum atomic E-state index is 13.0. The topological polar surface area (TPSA) is 35.0 Å². The Morgan fingerprint density at radius 1 is 1.06 bits per heavy atom. The standard InChI is InChI=1S/C15H23FN.H3N/c1-17(2,3)12-15(10-4-5-11-15)13-6-8-14(16)9-7-13;/h6-9H,4-5,10-12H2,1-3H3;1H3/q+1;. The summed E-state index contributed by atoms with van der Waals surface area (Å²) < 4.78 is 14.0. The van der Waals surface area contributed by atoms with Crippen LogP contribution in [-0.2, 0) is 5.41 Å². The normalized spacial score (nSPS) is 18.4. The molecule has 0 amide bonds. The fraction of sp³-hybridized carbons (Fsp3) is 0.600. The van der Waals surface area contributed by atoms with Crippen LogP contribution >= 0.6 is 0 Å². The lowest BCUT2D eigenvalue weighted by Crippen LogP contribution is -2.46. The molecule has 1 aliphatic carbocycles. The number of quaternary nitrogens is 1. The molecule has 0 spiro atoms. The van der Waals surface area contributed by atoms with Gasteiger partial charge in [0.05, 0.1) is 27.7 Å². The monoisotopic (exact) mass is 253 g/mol. The van der Waals surface area contributed by atoms with Gasteiger partial charge in [-0.2, -0.15) is 0 Å². The van der Waals surface area contributed by atoms with Crippen LogP contribution < -0.4 is 6.15 Å². The van der Waals surface area contributed by atoms with Gasteiger partial charge in [-0.25, -0.2) is 4.39 Å². The number of halogens is 1. The molecule has 3 N–H and O–H groups in total. The number of hydrogen-bond donors (Lipinski definition) is 1. The largest absolute Gasteiger partial charge is 0.344 e. The summed E-state index contributed by atoms with van der Waals surface area (Å²) in [7, 11) is 6.72. The molecule has 1 aliphatic rings. The summed E-state index contributed by atoms with van der Waals surface area (Å²) in [5.41, 5.74) is 1.59. The zero-order valence-corrected chi connectivity index (χ0v) is 11.9. The summed E-state index contributed by atoms with van der Waals surface area (Å²) in [5, 5.41) is 0. The molecular formula is C15H26FN2+. The Balaban J connectivity index is 0.00000162. The van der Waals surface area contributed by atoms with Crippen molar-refractivity contribution in [2.24, 2.45) is 0 Å². The Morgan fingerprint density at radius 3 is 2.00 bits per heavy atom. The molecule has 0 aliphatic heterocycles. The van der Waals surface area contributed by atoms with Crippen molar-refractivity contribution in [2.45, 2.75) is 31.1 Å². The van der Waals surface area contributed by atoms with Crippen LogP contribution in [0.25, 0.3) is 0 Å². The van der Waals surface area contributed by atoms with Crippen LogP contribution in [0.15, 0.2) is 24.3 Å². The summed E-state index contributed by atoms with van der Waals surface area (Å²) in [4.78, 5) is 0. The molecule has 1 saturated carbocycles. The van der Waals surface area contributed by atoms with E-state index in [0.717, 1.165) is 11.0 Å². The predicted octanol–water partition coefficient (Wildman–Crippen LogP) is 3.51. The highest BCUT2D eigenvalue weighted by Crippen LogP contribution is 2.42. The predicted molar refractivity (Wildman–Crippen MR) is 74.5 cm³/mol. The van der Waals surface area contributed by atoms with Gasteiger partial charge in [0.2, 0.25) is 0 Å². The molecule has 0 saturated heterocycles. The second-order valence-corrected chi connectivity index (χ2v) is 6.44. The number of hydrogen-bond acceptors (Lipinski definition) is 1. The van der Waals surface area contributed by atoms with Crippen LogP contribution in [0.3, 0.4) is 0 Å². The first kappa shape index (κ1) is 15.1. The van der Waals surface area contributed by atoms with E-state index < -0.39 is 0 Å². The minimum absolute atomic E-state index is 0. The number of nitrogens with zero attached hydrogens (tertiary/aromatic N) is 1. The van der Waals surface area contributed by atoms with Gasteiger partial charge in [-0.15, -0.1) is 0 Å². The van der Waals surface area contributed by atoms with Gasteiger partial charge in [-0.1, -0.05) is 25.0 Å². The van der Waals surface area contributed by atoms with Crippen LogP contribution in [0.4, 0.5) is 4.39 Å². The van der Waals surface area contributed by atoms with Crippen LogP contribution in [0.5, 0.6) is 0 Å². The van der Waals surface area contributed by atoms with Crippen molar-refractivity contribution >= 4 is 0 Å². The highest BCUT2D eigenvalue weighted by Gasteiger charge is 2.40. The van der Waals surface area contributed by atoms with E-state index in [0.29, 0.717) is 0 Å². The van der Waals surface area contributed by atoms with Crippen molar-refractivity contribution in [3.8, 4) is 0 Å². The lowest BCUT2D eigenvalue weighted by atomic mass is 9.78. The van der Waals surface area contributed by atoms with Crippen LogP contribution in [0.1, 0.15) is 31.2 Å². The average molecular weight is 253 g/mol. The Labute approximate surface area is 110 Å². The van der Waals surface area contributed by atoms with Gasteiger partial charge in [-0.05, 0) is 30.5 Å². The van der Waals surface area contributed by atoms with E-state index in [-0.39, 0.29) is 17.4 Å². The maximum Gasteiger partial charge on any atom is 0.123 e. The molecule has 18 heavy (non-hydrogen) atoms. The lowest BCUT2D eigenvalue weighted by molar-refractivity contribution is -0.874. The molecule has 1 aromatic carbocycles. The lowest BCUT2D eigenvalue weighted by Gasteiger charge is -2.37. The molecule has 0 radical (unpaired) electrons. The van der Waals surface area contributed by atoms with Crippen molar-refractivity contribution < 1.29 is 8.87 Å². The smallest absolute Gasteiger partial charge is 0.123 e. The van der Waals surface area contributed by atoms with Crippen molar-refractivity contribution in [1.29, 1.82) is 0 Å². The minimum Gasteiger partial charge on any atom is -0.344 e. The second-order valence-electron chi connectivity index (χ2n) is 6.44. The van der Waals surface area contributed by atoms with Gasteiger partial charge >= 0.3 is 0 Å². The van der Waals surface area contributed by atoms with E-state index in [9.17, 15) is 4.39 Å². The van der Waals surface area contributed by atoms with Crippen molar-refractivity contribution in [3.05, 3.63) is 35.6 Å². The SMILES string of the molecule is C[N+](C)(C)CC1(c2ccc(F)cc2)CCCC1.N. The van der Waals surface area contributed by atoms with Crippen LogP contribution in [0.2, 0.25) is 0 Å². The quantitative estimate of drug-likeness (QED) is 0.822. The minimum atomic E-state index is -0.132. The first-order valence-corrected chi connectivity index (χ1v) is 6.48. The first-order chi connectivity index (χ1) is 7.91. The third kappa shape index (κ3) is 3.30. The van der Waals surface area contributed by atoms with Crippen LogP contribution in [-0.4, -0.2) is 32.2 Å². The van der Waals surface area contributed by atoms with E-state index in [4.69, 9.17) is 0 Å². The Hall–Kier alpha value is -0.930.